The van der Waals surface area contributed by atoms with Crippen LogP contribution in [0.25, 0.3) is 0 Å². The van der Waals surface area contributed by atoms with Gasteiger partial charge >= 0.3 is 0 Å². The molecule has 0 bridgehead atoms. The summed E-state index contributed by atoms with van der Waals surface area (Å²) in [6.07, 6.45) is 5.35. The third kappa shape index (κ3) is 3.41. The molecule has 2 heteroatoms. The van der Waals surface area contributed by atoms with Crippen molar-refractivity contribution in [2.75, 3.05) is 6.54 Å². The van der Waals surface area contributed by atoms with Crippen molar-refractivity contribution in [1.29, 1.82) is 0 Å². The zero-order valence-corrected chi connectivity index (χ0v) is 13.7. The zero-order valence-electron chi connectivity index (χ0n) is 12.9. The van der Waals surface area contributed by atoms with Gasteiger partial charge in [0.15, 0.2) is 0 Å². The summed E-state index contributed by atoms with van der Waals surface area (Å²) in [7, 11) is 0. The maximum Gasteiger partial charge on any atom is 0.0446 e. The maximum atomic E-state index is 3.78. The van der Waals surface area contributed by atoms with E-state index >= 15 is 0 Å². The molecule has 1 aromatic heterocycles. The quantitative estimate of drug-likeness (QED) is 0.797. The monoisotopic (exact) mass is 279 g/mol. The predicted octanol–water partition coefficient (Wildman–Crippen LogP) is 5.03. The summed E-state index contributed by atoms with van der Waals surface area (Å²) in [5, 5.41) is 6.05. The molecule has 1 saturated carbocycles. The molecule has 0 amide bonds. The van der Waals surface area contributed by atoms with Gasteiger partial charge in [-0.05, 0) is 60.6 Å². The highest BCUT2D eigenvalue weighted by Crippen LogP contribution is 2.42. The first-order valence-corrected chi connectivity index (χ1v) is 8.84. The van der Waals surface area contributed by atoms with E-state index in [1.807, 2.05) is 11.3 Å². The van der Waals surface area contributed by atoms with Gasteiger partial charge in [-0.1, -0.05) is 34.1 Å². The van der Waals surface area contributed by atoms with Gasteiger partial charge in [-0.15, -0.1) is 11.3 Å². The van der Waals surface area contributed by atoms with Gasteiger partial charge < -0.3 is 5.32 Å². The van der Waals surface area contributed by atoms with E-state index in [4.69, 9.17) is 0 Å². The van der Waals surface area contributed by atoms with Crippen LogP contribution in [0.4, 0.5) is 0 Å². The van der Waals surface area contributed by atoms with E-state index in [0.717, 1.165) is 24.3 Å². The number of nitrogens with one attached hydrogen (secondary N) is 1. The van der Waals surface area contributed by atoms with Gasteiger partial charge in [0.25, 0.3) is 0 Å². The Bertz CT molecular complexity index is 384. The van der Waals surface area contributed by atoms with Crippen molar-refractivity contribution >= 4 is 11.3 Å². The molecule has 19 heavy (non-hydrogen) atoms. The Morgan fingerprint density at radius 2 is 2.05 bits per heavy atom. The Morgan fingerprint density at radius 3 is 2.68 bits per heavy atom. The molecule has 0 saturated heterocycles. The first-order valence-electron chi connectivity index (χ1n) is 7.96. The van der Waals surface area contributed by atoms with Crippen molar-refractivity contribution in [1.82, 2.24) is 5.32 Å². The minimum absolute atomic E-state index is 0.593. The highest BCUT2D eigenvalue weighted by atomic mass is 32.1. The van der Waals surface area contributed by atoms with E-state index in [1.165, 1.54) is 25.7 Å². The van der Waals surface area contributed by atoms with E-state index in [9.17, 15) is 0 Å². The molecule has 2 rings (SSSR count). The van der Waals surface area contributed by atoms with Crippen LogP contribution in [0.15, 0.2) is 11.4 Å². The van der Waals surface area contributed by atoms with Crippen molar-refractivity contribution in [3.63, 3.8) is 0 Å². The first-order chi connectivity index (χ1) is 9.17. The van der Waals surface area contributed by atoms with E-state index < -0.39 is 0 Å². The SMILES string of the molecule is CCNC(c1sccc1CC)C1CCC(C)C(C)C1. The summed E-state index contributed by atoms with van der Waals surface area (Å²) < 4.78 is 0. The molecule has 0 aromatic carbocycles. The zero-order chi connectivity index (χ0) is 13.8. The third-order valence-corrected chi connectivity index (χ3v) is 6.02. The van der Waals surface area contributed by atoms with E-state index in [1.54, 1.807) is 10.4 Å². The molecule has 0 spiro atoms. The van der Waals surface area contributed by atoms with Crippen LogP contribution in [0, 0.1) is 17.8 Å². The second kappa shape index (κ2) is 6.90. The van der Waals surface area contributed by atoms with Gasteiger partial charge in [0.2, 0.25) is 0 Å². The van der Waals surface area contributed by atoms with Crippen LogP contribution in [0.5, 0.6) is 0 Å². The van der Waals surface area contributed by atoms with Gasteiger partial charge in [0, 0.05) is 10.9 Å². The largest absolute Gasteiger partial charge is 0.309 e. The fourth-order valence-electron chi connectivity index (χ4n) is 3.50. The Morgan fingerprint density at radius 1 is 1.26 bits per heavy atom. The summed E-state index contributed by atoms with van der Waals surface area (Å²) in [5.41, 5.74) is 1.56. The molecule has 0 radical (unpaired) electrons. The molecular formula is C17H29NS. The molecule has 4 atom stereocenters. The Hall–Kier alpha value is -0.340. The van der Waals surface area contributed by atoms with Crippen LogP contribution in [0.3, 0.4) is 0 Å². The predicted molar refractivity (Wildman–Crippen MR) is 85.8 cm³/mol. The summed E-state index contributed by atoms with van der Waals surface area (Å²) in [5.74, 6) is 2.62. The Kier molecular flexibility index (Phi) is 5.47. The van der Waals surface area contributed by atoms with Gasteiger partial charge in [0.1, 0.15) is 0 Å². The maximum absolute atomic E-state index is 3.78. The van der Waals surface area contributed by atoms with Gasteiger partial charge in [0.05, 0.1) is 0 Å². The van der Waals surface area contributed by atoms with Crippen LogP contribution in [-0.4, -0.2) is 6.54 Å². The average Bonchev–Trinajstić information content (AvgIpc) is 2.87. The van der Waals surface area contributed by atoms with E-state index in [2.05, 4.69) is 44.5 Å². The minimum atomic E-state index is 0.593. The highest BCUT2D eigenvalue weighted by Gasteiger charge is 2.31. The molecule has 1 nitrogen and oxygen atoms in total. The Labute approximate surface area is 122 Å². The number of thiophene rings is 1. The van der Waals surface area contributed by atoms with Crippen molar-refractivity contribution < 1.29 is 0 Å². The summed E-state index contributed by atoms with van der Waals surface area (Å²) in [6, 6.07) is 2.91. The fourth-order valence-corrected chi connectivity index (χ4v) is 4.66. The lowest BCUT2D eigenvalue weighted by molar-refractivity contribution is 0.173. The smallest absolute Gasteiger partial charge is 0.0446 e. The van der Waals surface area contributed by atoms with Gasteiger partial charge in [-0.3, -0.25) is 0 Å². The van der Waals surface area contributed by atoms with Crippen LogP contribution >= 0.6 is 11.3 Å². The standard InChI is InChI=1S/C17H29NS/c1-5-14-9-10-19-17(14)16(18-6-2)15-8-7-12(3)13(4)11-15/h9-10,12-13,15-16,18H,5-8,11H2,1-4H3. The lowest BCUT2D eigenvalue weighted by Crippen LogP contribution is -2.33. The molecule has 4 unspecified atom stereocenters. The van der Waals surface area contributed by atoms with Crippen LogP contribution in [0.1, 0.15) is 63.4 Å². The number of hydrogen-bond acceptors (Lipinski definition) is 2. The lowest BCUT2D eigenvalue weighted by atomic mass is 9.72. The normalized spacial score (nSPS) is 29.4. The molecule has 1 fully saturated rings. The van der Waals surface area contributed by atoms with Crippen molar-refractivity contribution in [2.45, 2.75) is 59.4 Å². The molecule has 1 heterocycles. The second-order valence-corrected chi connectivity index (χ2v) is 7.17. The molecular weight excluding hydrogens is 250 g/mol. The third-order valence-electron chi connectivity index (χ3n) is 4.98. The Balaban J connectivity index is 2.16. The summed E-state index contributed by atoms with van der Waals surface area (Å²) >= 11 is 1.96. The fraction of sp³-hybridized carbons (Fsp3) is 0.765. The number of rotatable bonds is 5. The molecule has 108 valence electrons. The molecule has 1 aliphatic carbocycles. The molecule has 0 aliphatic heterocycles. The van der Waals surface area contributed by atoms with Crippen LogP contribution in [0.2, 0.25) is 0 Å². The number of aryl methyl sites for hydroxylation is 1. The van der Waals surface area contributed by atoms with Gasteiger partial charge in [-0.2, -0.15) is 0 Å². The van der Waals surface area contributed by atoms with E-state index in [0.29, 0.717) is 6.04 Å². The summed E-state index contributed by atoms with van der Waals surface area (Å²) in [4.78, 5) is 1.61. The van der Waals surface area contributed by atoms with Crippen molar-refractivity contribution in [3.05, 3.63) is 21.9 Å². The van der Waals surface area contributed by atoms with Gasteiger partial charge in [-0.25, -0.2) is 0 Å². The average molecular weight is 279 g/mol. The topological polar surface area (TPSA) is 12.0 Å². The van der Waals surface area contributed by atoms with Crippen molar-refractivity contribution in [3.8, 4) is 0 Å². The van der Waals surface area contributed by atoms with Crippen LogP contribution < -0.4 is 5.32 Å². The van der Waals surface area contributed by atoms with Crippen molar-refractivity contribution in [2.24, 2.45) is 17.8 Å². The lowest BCUT2D eigenvalue weighted by Gasteiger charge is -2.37. The molecule has 1 aromatic rings. The highest BCUT2D eigenvalue weighted by molar-refractivity contribution is 7.10. The number of hydrogen-bond donors (Lipinski definition) is 1. The minimum Gasteiger partial charge on any atom is -0.309 e. The van der Waals surface area contributed by atoms with Crippen LogP contribution in [-0.2, 0) is 6.42 Å². The van der Waals surface area contributed by atoms with E-state index in [-0.39, 0.29) is 0 Å². The summed E-state index contributed by atoms with van der Waals surface area (Å²) in [6.45, 7) is 10.5. The molecule has 1 aliphatic rings. The second-order valence-electron chi connectivity index (χ2n) is 6.23. The first kappa shape index (κ1) is 15.1. The molecule has 1 N–H and O–H groups in total.